The van der Waals surface area contributed by atoms with Gasteiger partial charge in [0.25, 0.3) is 0 Å². The van der Waals surface area contributed by atoms with Gasteiger partial charge in [-0.25, -0.2) is 0 Å². The second-order valence-electron chi connectivity index (χ2n) is 5.48. The minimum absolute atomic E-state index is 0.128. The van der Waals surface area contributed by atoms with E-state index in [0.29, 0.717) is 11.7 Å². The molecule has 1 saturated heterocycles. The van der Waals surface area contributed by atoms with Gasteiger partial charge in [-0.3, -0.25) is 25.0 Å². The lowest BCUT2D eigenvalue weighted by Crippen LogP contribution is -2.56. The average Bonchev–Trinajstić information content (AvgIpc) is 3.05. The average molecular weight is 431 g/mol. The van der Waals surface area contributed by atoms with E-state index >= 15 is 0 Å². The van der Waals surface area contributed by atoms with Gasteiger partial charge in [-0.1, -0.05) is 36.1 Å². The molecule has 0 spiro atoms. The van der Waals surface area contributed by atoms with E-state index in [1.54, 1.807) is 17.8 Å². The highest BCUT2D eigenvalue weighted by atomic mass is 32.2. The Balaban J connectivity index is 1.76. The van der Waals surface area contributed by atoms with E-state index in [4.69, 9.17) is 0 Å². The van der Waals surface area contributed by atoms with E-state index in [1.165, 1.54) is 23.1 Å². The Hall–Kier alpha value is -1.63. The number of carbonyl (C=O) groups excluding carboxylic acids is 3. The Morgan fingerprint density at radius 3 is 2.96 bits per heavy atom. The Morgan fingerprint density at radius 1 is 1.41 bits per heavy atom. The maximum Gasteiger partial charge on any atom is 0.236 e. The lowest BCUT2D eigenvalue weighted by atomic mass is 10.1. The first kappa shape index (κ1) is 21.7. The molecule has 2 unspecified atom stereocenters. The SMILES string of the molecule is C=CCNC(=O)CC1CC(=O)NC(SCC(=O)Nc2nnc(SCC)s2)N1. The molecular weight excluding hydrogens is 408 g/mol. The molecule has 1 aromatic rings. The van der Waals surface area contributed by atoms with Gasteiger partial charge in [-0.2, -0.15) is 0 Å². The largest absolute Gasteiger partial charge is 0.353 e. The van der Waals surface area contributed by atoms with Crippen molar-refractivity contribution in [1.29, 1.82) is 0 Å². The van der Waals surface area contributed by atoms with Gasteiger partial charge in [-0.15, -0.1) is 28.5 Å². The fraction of sp³-hybridized carbons (Fsp3) is 0.533. The van der Waals surface area contributed by atoms with Gasteiger partial charge >= 0.3 is 0 Å². The number of aromatic nitrogens is 2. The first-order valence-electron chi connectivity index (χ1n) is 8.31. The summed E-state index contributed by atoms with van der Waals surface area (Å²) in [4.78, 5) is 35.7. The summed E-state index contributed by atoms with van der Waals surface area (Å²) >= 11 is 4.13. The van der Waals surface area contributed by atoms with Crippen LogP contribution in [0.15, 0.2) is 17.0 Å². The summed E-state index contributed by atoms with van der Waals surface area (Å²) in [7, 11) is 0. The zero-order valence-electron chi connectivity index (χ0n) is 14.8. The summed E-state index contributed by atoms with van der Waals surface area (Å²) in [6.45, 7) is 5.95. The van der Waals surface area contributed by atoms with Gasteiger partial charge < -0.3 is 10.6 Å². The van der Waals surface area contributed by atoms with Crippen molar-refractivity contribution in [2.45, 2.75) is 35.6 Å². The van der Waals surface area contributed by atoms with Crippen LogP contribution in [0.25, 0.3) is 0 Å². The standard InChI is InChI=1S/C15H22N6O3S3/c1-3-5-16-10(22)6-9-7-11(23)18-13(17-9)26-8-12(24)19-14-20-21-15(27-14)25-4-2/h3,9,13,17H,1,4-8H2,2H3,(H,16,22)(H,18,23)(H,19,20,24). The van der Waals surface area contributed by atoms with Crippen molar-refractivity contribution in [2.75, 3.05) is 23.4 Å². The highest BCUT2D eigenvalue weighted by Crippen LogP contribution is 2.25. The van der Waals surface area contributed by atoms with Crippen LogP contribution in [0, 0.1) is 0 Å². The van der Waals surface area contributed by atoms with Gasteiger partial charge in [0.05, 0.1) is 5.75 Å². The van der Waals surface area contributed by atoms with E-state index in [9.17, 15) is 14.4 Å². The van der Waals surface area contributed by atoms with Crippen LogP contribution in [0.1, 0.15) is 19.8 Å². The predicted molar refractivity (Wildman–Crippen MR) is 109 cm³/mol. The Bertz CT molecular complexity index is 684. The summed E-state index contributed by atoms with van der Waals surface area (Å²) in [5.41, 5.74) is -0.435. The molecule has 2 rings (SSSR count). The molecule has 1 aliphatic rings. The van der Waals surface area contributed by atoms with E-state index in [0.717, 1.165) is 10.1 Å². The number of carbonyl (C=O) groups is 3. The third-order valence-corrected chi connectivity index (χ3v) is 6.16. The van der Waals surface area contributed by atoms with Crippen molar-refractivity contribution in [2.24, 2.45) is 0 Å². The number of rotatable bonds is 10. The van der Waals surface area contributed by atoms with Crippen LogP contribution >= 0.6 is 34.9 Å². The molecule has 2 atom stereocenters. The van der Waals surface area contributed by atoms with Crippen LogP contribution in [0.4, 0.5) is 5.13 Å². The van der Waals surface area contributed by atoms with E-state index in [-0.39, 0.29) is 42.4 Å². The molecule has 3 amide bonds. The zero-order chi connectivity index (χ0) is 19.6. The molecule has 1 aliphatic heterocycles. The molecular formula is C15H22N6O3S3. The summed E-state index contributed by atoms with van der Waals surface area (Å²) in [6.07, 6.45) is 2.00. The molecule has 0 saturated carbocycles. The van der Waals surface area contributed by atoms with Crippen LogP contribution in [0.2, 0.25) is 0 Å². The van der Waals surface area contributed by atoms with Gasteiger partial charge in [0.1, 0.15) is 5.50 Å². The monoisotopic (exact) mass is 430 g/mol. The van der Waals surface area contributed by atoms with E-state index < -0.39 is 5.50 Å². The Morgan fingerprint density at radius 2 is 2.22 bits per heavy atom. The second kappa shape index (κ2) is 11.3. The van der Waals surface area contributed by atoms with E-state index in [1.807, 2.05) is 6.92 Å². The maximum absolute atomic E-state index is 12.1. The molecule has 9 nitrogen and oxygen atoms in total. The number of hydrogen-bond donors (Lipinski definition) is 4. The molecule has 0 aromatic carbocycles. The van der Waals surface area contributed by atoms with Gasteiger partial charge in [0.15, 0.2) is 4.34 Å². The lowest BCUT2D eigenvalue weighted by Gasteiger charge is -2.30. The summed E-state index contributed by atoms with van der Waals surface area (Å²) in [5.74, 6) is 0.478. The number of thioether (sulfide) groups is 2. The molecule has 1 aromatic heterocycles. The highest BCUT2D eigenvalue weighted by molar-refractivity contribution is 8.01. The first-order chi connectivity index (χ1) is 13.0. The number of nitrogens with zero attached hydrogens (tertiary/aromatic N) is 2. The molecule has 2 heterocycles. The van der Waals surface area contributed by atoms with Crippen LogP contribution in [0.3, 0.4) is 0 Å². The van der Waals surface area contributed by atoms with Gasteiger partial charge in [0, 0.05) is 25.4 Å². The second-order valence-corrected chi connectivity index (χ2v) is 9.06. The fourth-order valence-corrected chi connectivity index (χ4v) is 4.76. The molecule has 0 bridgehead atoms. The molecule has 0 radical (unpaired) electrons. The first-order valence-corrected chi connectivity index (χ1v) is 11.2. The third kappa shape index (κ3) is 7.87. The maximum atomic E-state index is 12.1. The summed E-state index contributed by atoms with van der Waals surface area (Å²) < 4.78 is 0.805. The molecule has 148 valence electrons. The molecule has 1 fully saturated rings. The van der Waals surface area contributed by atoms with Gasteiger partial charge in [-0.05, 0) is 5.75 Å². The van der Waals surface area contributed by atoms with Crippen LogP contribution < -0.4 is 21.3 Å². The number of nitrogens with one attached hydrogen (secondary N) is 4. The number of anilines is 1. The van der Waals surface area contributed by atoms with Crippen molar-refractivity contribution in [3.8, 4) is 0 Å². The fourth-order valence-electron chi connectivity index (χ4n) is 2.20. The Labute approximate surface area is 169 Å². The number of amides is 3. The highest BCUT2D eigenvalue weighted by Gasteiger charge is 2.28. The summed E-state index contributed by atoms with van der Waals surface area (Å²) in [6, 6.07) is -0.277. The van der Waals surface area contributed by atoms with Crippen molar-refractivity contribution >= 4 is 57.7 Å². The van der Waals surface area contributed by atoms with Crippen molar-refractivity contribution in [1.82, 2.24) is 26.1 Å². The third-order valence-electron chi connectivity index (χ3n) is 3.29. The molecule has 27 heavy (non-hydrogen) atoms. The lowest BCUT2D eigenvalue weighted by molar-refractivity contribution is -0.125. The van der Waals surface area contributed by atoms with Crippen LogP contribution in [0.5, 0.6) is 0 Å². The van der Waals surface area contributed by atoms with Gasteiger partial charge in [0.2, 0.25) is 22.9 Å². The predicted octanol–water partition coefficient (Wildman–Crippen LogP) is 0.776. The van der Waals surface area contributed by atoms with E-state index in [2.05, 4.69) is 38.0 Å². The van der Waals surface area contributed by atoms with Crippen LogP contribution in [-0.4, -0.2) is 57.5 Å². The van der Waals surface area contributed by atoms with Crippen molar-refractivity contribution in [3.63, 3.8) is 0 Å². The summed E-state index contributed by atoms with van der Waals surface area (Å²) in [5, 5.41) is 19.7. The quantitative estimate of drug-likeness (QED) is 0.244. The smallest absolute Gasteiger partial charge is 0.236 e. The zero-order valence-corrected chi connectivity index (χ0v) is 17.3. The topological polar surface area (TPSA) is 125 Å². The molecule has 0 aliphatic carbocycles. The Kier molecular flexibility index (Phi) is 9.04. The molecule has 4 N–H and O–H groups in total. The minimum Gasteiger partial charge on any atom is -0.353 e. The number of hydrogen-bond acceptors (Lipinski definition) is 9. The van der Waals surface area contributed by atoms with Crippen molar-refractivity contribution in [3.05, 3.63) is 12.7 Å². The van der Waals surface area contributed by atoms with Crippen LogP contribution in [-0.2, 0) is 14.4 Å². The normalized spacial score (nSPS) is 19.2. The van der Waals surface area contributed by atoms with Crippen molar-refractivity contribution < 1.29 is 14.4 Å². The molecule has 12 heteroatoms. The minimum atomic E-state index is -0.435.